The third-order valence-corrected chi connectivity index (χ3v) is 3.43. The second-order valence-corrected chi connectivity index (χ2v) is 4.88. The summed E-state index contributed by atoms with van der Waals surface area (Å²) in [5.41, 5.74) is 13.4. The molecule has 2 rings (SSSR count). The van der Waals surface area contributed by atoms with E-state index in [0.717, 1.165) is 22.6 Å². The minimum absolute atomic E-state index is 0.504. The lowest BCUT2D eigenvalue weighted by Crippen LogP contribution is -2.03. The van der Waals surface area contributed by atoms with Crippen LogP contribution < -0.4 is 5.73 Å². The Balaban J connectivity index is 2.69. The van der Waals surface area contributed by atoms with Gasteiger partial charge in [0.25, 0.3) is 0 Å². The van der Waals surface area contributed by atoms with Crippen LogP contribution in [-0.4, -0.2) is 9.97 Å². The van der Waals surface area contributed by atoms with Crippen molar-refractivity contribution in [1.82, 2.24) is 9.97 Å². The van der Waals surface area contributed by atoms with E-state index >= 15 is 0 Å². The monoisotopic (exact) mass is 241 g/mol. The molecule has 0 fully saturated rings. The van der Waals surface area contributed by atoms with E-state index in [-0.39, 0.29) is 0 Å². The van der Waals surface area contributed by atoms with Crippen LogP contribution >= 0.6 is 0 Å². The van der Waals surface area contributed by atoms with Gasteiger partial charge in [0.05, 0.1) is 11.4 Å². The molecule has 0 spiro atoms. The molecule has 0 saturated carbocycles. The molecule has 1 aromatic carbocycles. The average molecular weight is 241 g/mol. The van der Waals surface area contributed by atoms with Crippen LogP contribution in [0.1, 0.15) is 28.1 Å². The Bertz CT molecular complexity index is 560. The predicted octanol–water partition coefficient (Wildman–Crippen LogP) is 3.27. The molecule has 0 radical (unpaired) electrons. The number of nitrogens with zero attached hydrogens (tertiary/aromatic N) is 2. The highest BCUT2D eigenvalue weighted by Crippen LogP contribution is 2.28. The van der Waals surface area contributed by atoms with Gasteiger partial charge in [-0.05, 0) is 57.4 Å². The maximum absolute atomic E-state index is 6.01. The third kappa shape index (κ3) is 2.08. The molecule has 0 aliphatic carbocycles. The van der Waals surface area contributed by atoms with Gasteiger partial charge in [0.2, 0.25) is 0 Å². The lowest BCUT2D eigenvalue weighted by molar-refractivity contribution is 1.06. The number of anilines is 1. The molecular weight excluding hydrogens is 222 g/mol. The maximum atomic E-state index is 6.01. The summed E-state index contributed by atoms with van der Waals surface area (Å²) < 4.78 is 0. The number of benzene rings is 1. The molecule has 0 aliphatic heterocycles. The molecule has 0 unspecified atom stereocenters. The molecule has 0 aliphatic rings. The summed E-state index contributed by atoms with van der Waals surface area (Å²) in [6.45, 7) is 10.2. The van der Waals surface area contributed by atoms with E-state index in [0.29, 0.717) is 5.82 Å². The van der Waals surface area contributed by atoms with E-state index < -0.39 is 0 Å². The number of aryl methyl sites for hydroxylation is 5. The van der Waals surface area contributed by atoms with Crippen LogP contribution in [0.15, 0.2) is 12.1 Å². The zero-order valence-electron chi connectivity index (χ0n) is 11.6. The maximum Gasteiger partial charge on any atom is 0.150 e. The number of nitrogen functional groups attached to an aromatic ring is 1. The van der Waals surface area contributed by atoms with Gasteiger partial charge in [-0.15, -0.1) is 0 Å². The van der Waals surface area contributed by atoms with Gasteiger partial charge in [-0.1, -0.05) is 6.07 Å². The topological polar surface area (TPSA) is 51.8 Å². The fourth-order valence-corrected chi connectivity index (χ4v) is 2.03. The Morgan fingerprint density at radius 1 is 0.778 bits per heavy atom. The molecule has 0 saturated heterocycles. The van der Waals surface area contributed by atoms with Crippen LogP contribution in [-0.2, 0) is 0 Å². The lowest BCUT2D eigenvalue weighted by Gasteiger charge is -2.12. The largest absolute Gasteiger partial charge is 0.382 e. The molecule has 2 N–H and O–H groups in total. The van der Waals surface area contributed by atoms with E-state index in [1.54, 1.807) is 0 Å². The van der Waals surface area contributed by atoms with Crippen LogP contribution in [0.2, 0.25) is 0 Å². The summed E-state index contributed by atoms with van der Waals surface area (Å²) in [6, 6.07) is 4.31. The van der Waals surface area contributed by atoms with Gasteiger partial charge >= 0.3 is 0 Å². The van der Waals surface area contributed by atoms with Crippen LogP contribution in [0.25, 0.3) is 11.3 Å². The first kappa shape index (κ1) is 12.6. The Kier molecular flexibility index (Phi) is 3.07. The molecule has 0 atom stereocenters. The number of aromatic nitrogens is 2. The minimum atomic E-state index is 0.504. The van der Waals surface area contributed by atoms with E-state index in [1.807, 2.05) is 13.8 Å². The molecule has 94 valence electrons. The molecule has 2 aromatic rings. The molecule has 1 aromatic heterocycles. The predicted molar refractivity (Wildman–Crippen MR) is 75.6 cm³/mol. The van der Waals surface area contributed by atoms with Crippen LogP contribution in [0.5, 0.6) is 0 Å². The fourth-order valence-electron chi connectivity index (χ4n) is 2.03. The highest BCUT2D eigenvalue weighted by Gasteiger charge is 2.12. The van der Waals surface area contributed by atoms with E-state index in [9.17, 15) is 0 Å². The van der Waals surface area contributed by atoms with Gasteiger partial charge in [-0.2, -0.15) is 0 Å². The number of hydrogen-bond acceptors (Lipinski definition) is 3. The second kappa shape index (κ2) is 4.41. The summed E-state index contributed by atoms with van der Waals surface area (Å²) in [5.74, 6) is 0.504. The molecular formula is C15H19N3. The zero-order valence-corrected chi connectivity index (χ0v) is 11.6. The van der Waals surface area contributed by atoms with Crippen molar-refractivity contribution in [3.8, 4) is 11.3 Å². The van der Waals surface area contributed by atoms with E-state index in [4.69, 9.17) is 5.73 Å². The van der Waals surface area contributed by atoms with Crippen molar-refractivity contribution < 1.29 is 0 Å². The van der Waals surface area contributed by atoms with Crippen LogP contribution in [0.3, 0.4) is 0 Å². The van der Waals surface area contributed by atoms with E-state index in [1.165, 1.54) is 16.7 Å². The Labute approximate surface area is 108 Å². The molecule has 0 amide bonds. The minimum Gasteiger partial charge on any atom is -0.382 e. The van der Waals surface area contributed by atoms with Crippen molar-refractivity contribution in [1.29, 1.82) is 0 Å². The molecule has 1 heterocycles. The van der Waals surface area contributed by atoms with E-state index in [2.05, 4.69) is 42.9 Å². The quantitative estimate of drug-likeness (QED) is 0.833. The van der Waals surface area contributed by atoms with Crippen molar-refractivity contribution >= 4 is 5.82 Å². The van der Waals surface area contributed by atoms with Crippen molar-refractivity contribution in [3.05, 3.63) is 40.2 Å². The smallest absolute Gasteiger partial charge is 0.150 e. The van der Waals surface area contributed by atoms with Crippen molar-refractivity contribution in [2.24, 2.45) is 0 Å². The van der Waals surface area contributed by atoms with Gasteiger partial charge in [-0.3, -0.25) is 0 Å². The van der Waals surface area contributed by atoms with Gasteiger partial charge in [0, 0.05) is 5.56 Å². The van der Waals surface area contributed by atoms with Crippen molar-refractivity contribution in [3.63, 3.8) is 0 Å². The molecule has 0 bridgehead atoms. The first-order chi connectivity index (χ1) is 8.40. The van der Waals surface area contributed by atoms with Crippen molar-refractivity contribution in [2.45, 2.75) is 34.6 Å². The molecule has 3 heteroatoms. The zero-order chi connectivity index (χ0) is 13.4. The van der Waals surface area contributed by atoms with Gasteiger partial charge in [0.15, 0.2) is 0 Å². The fraction of sp³-hybridized carbons (Fsp3) is 0.333. The average Bonchev–Trinajstić information content (AvgIpc) is 2.29. The molecule has 18 heavy (non-hydrogen) atoms. The number of nitrogens with two attached hydrogens (primary N) is 1. The first-order valence-electron chi connectivity index (χ1n) is 6.09. The van der Waals surface area contributed by atoms with Gasteiger partial charge in [-0.25, -0.2) is 9.97 Å². The summed E-state index contributed by atoms with van der Waals surface area (Å²) >= 11 is 0. The standard InChI is InChI=1S/C15H19N3/c1-8-6-10(3)13(7-9(8)2)14-15(16)18-12(5)11(4)17-14/h6-7H,1-5H3,(H2,16,18). The SMILES string of the molecule is Cc1cc(C)c(-c2nc(C)c(C)nc2N)cc1C. The summed E-state index contributed by atoms with van der Waals surface area (Å²) in [7, 11) is 0. The van der Waals surface area contributed by atoms with Crippen LogP contribution in [0.4, 0.5) is 5.82 Å². The lowest BCUT2D eigenvalue weighted by atomic mass is 9.98. The number of hydrogen-bond donors (Lipinski definition) is 1. The first-order valence-corrected chi connectivity index (χ1v) is 6.09. The van der Waals surface area contributed by atoms with Gasteiger partial charge < -0.3 is 5.73 Å². The Morgan fingerprint density at radius 3 is 2.00 bits per heavy atom. The summed E-state index contributed by atoms with van der Waals surface area (Å²) in [5, 5.41) is 0. The Hall–Kier alpha value is -1.90. The Morgan fingerprint density at radius 2 is 1.33 bits per heavy atom. The molecule has 3 nitrogen and oxygen atoms in total. The highest BCUT2D eigenvalue weighted by molar-refractivity contribution is 5.73. The number of rotatable bonds is 1. The van der Waals surface area contributed by atoms with Crippen molar-refractivity contribution in [2.75, 3.05) is 5.73 Å². The second-order valence-electron chi connectivity index (χ2n) is 4.88. The third-order valence-electron chi connectivity index (χ3n) is 3.43. The summed E-state index contributed by atoms with van der Waals surface area (Å²) in [4.78, 5) is 8.94. The summed E-state index contributed by atoms with van der Waals surface area (Å²) in [6.07, 6.45) is 0. The van der Waals surface area contributed by atoms with Crippen LogP contribution in [0, 0.1) is 34.6 Å². The highest BCUT2D eigenvalue weighted by atomic mass is 14.9. The van der Waals surface area contributed by atoms with Gasteiger partial charge in [0.1, 0.15) is 11.5 Å². The normalized spacial score (nSPS) is 10.7.